The lowest BCUT2D eigenvalue weighted by atomic mass is 9.98. The number of nitrogens with zero attached hydrogens (tertiary/aromatic N) is 2. The number of alkyl carbamates (subject to hydrolysis) is 1. The minimum atomic E-state index is -3.99. The van der Waals surface area contributed by atoms with Crippen molar-refractivity contribution in [3.05, 3.63) is 93.2 Å². The molecule has 0 saturated carbocycles. The molecule has 0 aliphatic heterocycles. The standard InChI is InChI=1S/C28H26Cl2N4O4S2/c1-28(2,3)38-27(35)33-26(34-40(36,37)23-12-13-39-17-23)32-16-18-14-24(19-4-8-21(29)9-5-19)25(31-15-18)20-6-10-22(30)11-7-20/h4-15,17H,16H2,1-3H3,(H2,32,33,34,35). The number of ether oxygens (including phenoxy) is 1. The summed E-state index contributed by atoms with van der Waals surface area (Å²) in [5, 5.41) is 6.73. The molecule has 2 aromatic carbocycles. The minimum Gasteiger partial charge on any atom is -0.444 e. The molecule has 0 radical (unpaired) electrons. The van der Waals surface area contributed by atoms with E-state index < -0.39 is 21.7 Å². The zero-order chi connectivity index (χ0) is 28.9. The van der Waals surface area contributed by atoms with Gasteiger partial charge in [0.1, 0.15) is 5.60 Å². The lowest BCUT2D eigenvalue weighted by molar-refractivity contribution is 0.0562. The highest BCUT2D eigenvalue weighted by Gasteiger charge is 2.22. The van der Waals surface area contributed by atoms with Crippen molar-refractivity contribution >= 4 is 56.6 Å². The predicted octanol–water partition coefficient (Wildman–Crippen LogP) is 7.14. The van der Waals surface area contributed by atoms with Gasteiger partial charge in [-0.05, 0) is 73.7 Å². The Hall–Kier alpha value is -3.44. The molecule has 2 heterocycles. The molecule has 2 aromatic heterocycles. The van der Waals surface area contributed by atoms with Crippen LogP contribution in [0, 0.1) is 0 Å². The Labute approximate surface area is 247 Å². The molecule has 0 aliphatic rings. The SMILES string of the molecule is CC(C)(C)OC(=O)NC(=NCc1cnc(-c2ccc(Cl)cc2)c(-c2ccc(Cl)cc2)c1)NS(=O)(=O)c1ccsc1. The van der Waals surface area contributed by atoms with E-state index in [1.165, 1.54) is 22.8 Å². The minimum absolute atomic E-state index is 0.00573. The Morgan fingerprint density at radius 1 is 1.00 bits per heavy atom. The van der Waals surface area contributed by atoms with Crippen LogP contribution in [0.15, 0.2) is 87.5 Å². The molecule has 0 spiro atoms. The summed E-state index contributed by atoms with van der Waals surface area (Å²) in [6.45, 7) is 5.10. The first-order valence-corrected chi connectivity index (χ1v) is 15.2. The number of hydrogen-bond donors (Lipinski definition) is 2. The molecule has 0 aliphatic carbocycles. The van der Waals surface area contributed by atoms with Crippen LogP contribution < -0.4 is 10.0 Å². The maximum Gasteiger partial charge on any atom is 0.414 e. The number of nitrogens with one attached hydrogen (secondary N) is 2. The summed E-state index contributed by atoms with van der Waals surface area (Å²) >= 11 is 13.4. The van der Waals surface area contributed by atoms with E-state index in [0.717, 1.165) is 22.4 Å². The van der Waals surface area contributed by atoms with E-state index in [4.69, 9.17) is 27.9 Å². The van der Waals surface area contributed by atoms with E-state index in [-0.39, 0.29) is 17.4 Å². The molecule has 12 heteroatoms. The van der Waals surface area contributed by atoms with Gasteiger partial charge in [-0.1, -0.05) is 47.5 Å². The number of thiophene rings is 1. The second-order valence-electron chi connectivity index (χ2n) is 9.61. The quantitative estimate of drug-likeness (QED) is 0.177. The molecule has 0 unspecified atom stereocenters. The molecule has 1 amide bonds. The number of halogens is 2. The number of aromatic nitrogens is 1. The average molecular weight is 618 g/mol. The van der Waals surface area contributed by atoms with Gasteiger partial charge in [-0.15, -0.1) is 0 Å². The van der Waals surface area contributed by atoms with Crippen molar-refractivity contribution in [2.24, 2.45) is 4.99 Å². The molecule has 4 aromatic rings. The van der Waals surface area contributed by atoms with E-state index in [1.807, 2.05) is 30.3 Å². The Kier molecular flexibility index (Phi) is 9.15. The van der Waals surface area contributed by atoms with Crippen molar-refractivity contribution < 1.29 is 17.9 Å². The van der Waals surface area contributed by atoms with Crippen LogP contribution in [-0.2, 0) is 21.3 Å². The van der Waals surface area contributed by atoms with Gasteiger partial charge in [0, 0.05) is 32.7 Å². The van der Waals surface area contributed by atoms with Crippen molar-refractivity contribution in [3.63, 3.8) is 0 Å². The summed E-state index contributed by atoms with van der Waals surface area (Å²) in [5.74, 6) is -0.282. The molecule has 0 bridgehead atoms. The summed E-state index contributed by atoms with van der Waals surface area (Å²) in [4.78, 5) is 21.6. The first-order chi connectivity index (χ1) is 18.9. The molecule has 0 saturated heterocycles. The number of rotatable bonds is 6. The van der Waals surface area contributed by atoms with E-state index in [9.17, 15) is 13.2 Å². The van der Waals surface area contributed by atoms with Crippen molar-refractivity contribution in [1.82, 2.24) is 15.0 Å². The molecule has 0 atom stereocenters. The van der Waals surface area contributed by atoms with Gasteiger partial charge in [0.05, 0.1) is 17.1 Å². The van der Waals surface area contributed by atoms with Gasteiger partial charge in [0.15, 0.2) is 0 Å². The first-order valence-electron chi connectivity index (χ1n) is 12.0. The summed E-state index contributed by atoms with van der Waals surface area (Å²) < 4.78 is 33.4. The molecular formula is C28H26Cl2N4O4S2. The van der Waals surface area contributed by atoms with Crippen LogP contribution in [0.1, 0.15) is 26.3 Å². The van der Waals surface area contributed by atoms with Gasteiger partial charge in [0.2, 0.25) is 5.96 Å². The third kappa shape index (κ3) is 8.04. The fourth-order valence-corrected chi connectivity index (χ4v) is 5.80. The Morgan fingerprint density at radius 2 is 1.62 bits per heavy atom. The smallest absolute Gasteiger partial charge is 0.414 e. The van der Waals surface area contributed by atoms with E-state index in [0.29, 0.717) is 15.6 Å². The summed E-state index contributed by atoms with van der Waals surface area (Å²) in [6, 6.07) is 18.0. The number of aliphatic imine (C=N–C) groups is 1. The normalized spacial score (nSPS) is 12.2. The fourth-order valence-electron chi connectivity index (χ4n) is 3.54. The molecular weight excluding hydrogens is 591 g/mol. The Balaban J connectivity index is 1.69. The molecule has 2 N–H and O–H groups in total. The molecule has 40 heavy (non-hydrogen) atoms. The summed E-state index contributed by atoms with van der Waals surface area (Å²) in [7, 11) is -3.99. The third-order valence-corrected chi connectivity index (χ3v) is 7.97. The fraction of sp³-hybridized carbons (Fsp3) is 0.179. The average Bonchev–Trinajstić information content (AvgIpc) is 3.43. The van der Waals surface area contributed by atoms with Gasteiger partial charge in [-0.3, -0.25) is 10.3 Å². The number of carbonyl (C=O) groups excluding carboxylic acids is 1. The van der Waals surface area contributed by atoms with Crippen LogP contribution in [-0.4, -0.2) is 31.1 Å². The second-order valence-corrected chi connectivity index (χ2v) is 12.9. The van der Waals surface area contributed by atoms with Crippen molar-refractivity contribution in [2.45, 2.75) is 37.8 Å². The number of guanidine groups is 1. The lowest BCUT2D eigenvalue weighted by Crippen LogP contribution is -2.45. The Bertz CT molecular complexity index is 1620. The Morgan fingerprint density at radius 3 is 2.20 bits per heavy atom. The molecule has 4 rings (SSSR count). The largest absolute Gasteiger partial charge is 0.444 e. The monoisotopic (exact) mass is 616 g/mol. The summed E-state index contributed by atoms with van der Waals surface area (Å²) in [5.41, 5.74) is 3.14. The van der Waals surface area contributed by atoms with Crippen molar-refractivity contribution in [1.29, 1.82) is 0 Å². The van der Waals surface area contributed by atoms with Gasteiger partial charge >= 0.3 is 6.09 Å². The maximum atomic E-state index is 12.9. The van der Waals surface area contributed by atoms with Gasteiger partial charge in [-0.25, -0.2) is 22.9 Å². The van der Waals surface area contributed by atoms with Crippen molar-refractivity contribution in [3.8, 4) is 22.4 Å². The van der Waals surface area contributed by atoms with Gasteiger partial charge < -0.3 is 4.74 Å². The topological polar surface area (TPSA) is 110 Å². The lowest BCUT2D eigenvalue weighted by Gasteiger charge is -2.20. The number of carbonyl (C=O) groups is 1. The third-order valence-electron chi connectivity index (χ3n) is 5.29. The number of benzene rings is 2. The number of pyridine rings is 1. The van der Waals surface area contributed by atoms with E-state index in [2.05, 4.69) is 20.0 Å². The highest BCUT2D eigenvalue weighted by atomic mass is 35.5. The molecule has 0 fully saturated rings. The first kappa shape index (κ1) is 29.5. The van der Waals surface area contributed by atoms with Gasteiger partial charge in [0.25, 0.3) is 10.0 Å². The highest BCUT2D eigenvalue weighted by Crippen LogP contribution is 2.32. The van der Waals surface area contributed by atoms with E-state index >= 15 is 0 Å². The number of sulfonamides is 1. The van der Waals surface area contributed by atoms with Crippen LogP contribution in [0.5, 0.6) is 0 Å². The van der Waals surface area contributed by atoms with Gasteiger partial charge in [-0.2, -0.15) is 11.3 Å². The number of hydrogen-bond acceptors (Lipinski definition) is 7. The molecule has 8 nitrogen and oxygen atoms in total. The highest BCUT2D eigenvalue weighted by molar-refractivity contribution is 7.90. The van der Waals surface area contributed by atoms with Crippen LogP contribution >= 0.6 is 34.5 Å². The van der Waals surface area contributed by atoms with Crippen LogP contribution in [0.25, 0.3) is 22.4 Å². The second kappa shape index (κ2) is 12.4. The number of amides is 1. The summed E-state index contributed by atoms with van der Waals surface area (Å²) in [6.07, 6.45) is 0.794. The van der Waals surface area contributed by atoms with Crippen LogP contribution in [0.3, 0.4) is 0 Å². The van der Waals surface area contributed by atoms with Crippen molar-refractivity contribution in [2.75, 3.05) is 0 Å². The zero-order valence-electron chi connectivity index (χ0n) is 21.8. The predicted molar refractivity (Wildman–Crippen MR) is 160 cm³/mol. The molecule has 208 valence electrons. The van der Waals surface area contributed by atoms with E-state index in [1.54, 1.807) is 56.6 Å². The zero-order valence-corrected chi connectivity index (χ0v) is 25.0. The maximum absolute atomic E-state index is 12.9. The van der Waals surface area contributed by atoms with Crippen LogP contribution in [0.2, 0.25) is 10.0 Å². The van der Waals surface area contributed by atoms with Crippen LogP contribution in [0.4, 0.5) is 4.79 Å².